The average Bonchev–Trinajstić information content (AvgIpc) is 3.40. The molecule has 0 radical (unpaired) electrons. The van der Waals surface area contributed by atoms with E-state index >= 15 is 0 Å². The van der Waals surface area contributed by atoms with Crippen LogP contribution >= 0.6 is 0 Å². The molecule has 1 fully saturated rings. The van der Waals surface area contributed by atoms with E-state index in [1.807, 2.05) is 57.2 Å². The number of anilines is 1. The number of carbonyl (C=O) groups is 2. The zero-order valence-corrected chi connectivity index (χ0v) is 24.7. The Morgan fingerprint density at radius 3 is 2.41 bits per heavy atom. The molecule has 0 aliphatic heterocycles. The molecule has 1 N–H and O–H groups in total. The summed E-state index contributed by atoms with van der Waals surface area (Å²) < 4.78 is 31.9. The molecule has 0 aromatic heterocycles. The summed E-state index contributed by atoms with van der Waals surface area (Å²) in [4.78, 5) is 28.6. The molecule has 2 amide bonds. The van der Waals surface area contributed by atoms with E-state index < -0.39 is 16.1 Å². The summed E-state index contributed by atoms with van der Waals surface area (Å²) >= 11 is 0. The van der Waals surface area contributed by atoms with Crippen molar-refractivity contribution in [3.63, 3.8) is 0 Å². The van der Waals surface area contributed by atoms with Gasteiger partial charge in [-0.2, -0.15) is 0 Å². The van der Waals surface area contributed by atoms with Crippen LogP contribution in [0, 0.1) is 13.8 Å². The van der Waals surface area contributed by atoms with Gasteiger partial charge in [0.15, 0.2) is 0 Å². The highest BCUT2D eigenvalue weighted by atomic mass is 32.2. The van der Waals surface area contributed by atoms with Gasteiger partial charge in [-0.25, -0.2) is 8.42 Å². The molecule has 0 bridgehead atoms. The van der Waals surface area contributed by atoms with Crippen LogP contribution in [0.4, 0.5) is 5.69 Å². The number of methoxy groups -OCH3 is 1. The summed E-state index contributed by atoms with van der Waals surface area (Å²) in [7, 11) is -1.95. The molecule has 1 saturated carbocycles. The largest absolute Gasteiger partial charge is 0.497 e. The maximum atomic E-state index is 13.7. The van der Waals surface area contributed by atoms with Crippen molar-refractivity contribution in [2.24, 2.45) is 0 Å². The molecule has 39 heavy (non-hydrogen) atoms. The number of nitrogens with zero attached hydrogens (tertiary/aromatic N) is 2. The number of hydrogen-bond acceptors (Lipinski definition) is 5. The van der Waals surface area contributed by atoms with E-state index in [0.29, 0.717) is 24.3 Å². The fourth-order valence-corrected chi connectivity index (χ4v) is 6.10. The third-order valence-electron chi connectivity index (χ3n) is 7.51. The fourth-order valence-electron chi connectivity index (χ4n) is 5.14. The van der Waals surface area contributed by atoms with E-state index in [-0.39, 0.29) is 37.4 Å². The summed E-state index contributed by atoms with van der Waals surface area (Å²) in [5.41, 5.74) is 3.53. The Morgan fingerprint density at radius 2 is 1.79 bits per heavy atom. The topological polar surface area (TPSA) is 96.0 Å². The molecule has 0 heterocycles. The van der Waals surface area contributed by atoms with Crippen molar-refractivity contribution < 1.29 is 22.7 Å². The second kappa shape index (κ2) is 13.8. The highest BCUT2D eigenvalue weighted by Crippen LogP contribution is 2.24. The molecule has 2 aromatic carbocycles. The SMILES string of the molecule is CC[C@H](C(=O)NC1CCCC1)N(Cc1cccc(OC)c1)C(=O)CCCN(c1ccc(C)c(C)c1)S(C)(=O)=O. The normalized spacial score (nSPS) is 14.6. The van der Waals surface area contributed by atoms with Crippen molar-refractivity contribution in [1.29, 1.82) is 0 Å². The van der Waals surface area contributed by atoms with Crippen LogP contribution in [0.5, 0.6) is 5.75 Å². The number of aryl methyl sites for hydroxylation is 2. The molecule has 3 rings (SSSR count). The minimum Gasteiger partial charge on any atom is -0.497 e. The number of amides is 2. The van der Waals surface area contributed by atoms with E-state index in [4.69, 9.17) is 4.74 Å². The van der Waals surface area contributed by atoms with Crippen LogP contribution in [-0.4, -0.2) is 57.1 Å². The van der Waals surface area contributed by atoms with Gasteiger partial charge in [0, 0.05) is 25.6 Å². The van der Waals surface area contributed by atoms with Gasteiger partial charge in [0.05, 0.1) is 19.1 Å². The maximum absolute atomic E-state index is 13.7. The van der Waals surface area contributed by atoms with Crippen molar-refractivity contribution in [2.45, 2.75) is 84.3 Å². The molecule has 9 heteroatoms. The first kappa shape index (κ1) is 30.5. The van der Waals surface area contributed by atoms with Crippen LogP contribution in [0.25, 0.3) is 0 Å². The highest BCUT2D eigenvalue weighted by molar-refractivity contribution is 7.92. The molecule has 2 aromatic rings. The number of ether oxygens (including phenoxy) is 1. The summed E-state index contributed by atoms with van der Waals surface area (Å²) in [6.07, 6.45) is 6.24. The van der Waals surface area contributed by atoms with Crippen LogP contribution < -0.4 is 14.4 Å². The molecular formula is C30H43N3O5S. The van der Waals surface area contributed by atoms with Crippen LogP contribution in [-0.2, 0) is 26.2 Å². The first-order chi connectivity index (χ1) is 18.5. The first-order valence-corrected chi connectivity index (χ1v) is 15.7. The van der Waals surface area contributed by atoms with Gasteiger partial charge in [-0.15, -0.1) is 0 Å². The molecule has 0 unspecified atom stereocenters. The first-order valence-electron chi connectivity index (χ1n) is 13.8. The number of sulfonamides is 1. The van der Waals surface area contributed by atoms with Gasteiger partial charge in [0.2, 0.25) is 21.8 Å². The van der Waals surface area contributed by atoms with Gasteiger partial charge in [-0.05, 0) is 80.5 Å². The molecule has 0 spiro atoms. The van der Waals surface area contributed by atoms with Crippen molar-refractivity contribution in [3.8, 4) is 5.75 Å². The van der Waals surface area contributed by atoms with Crippen molar-refractivity contribution in [2.75, 3.05) is 24.2 Å². The lowest BCUT2D eigenvalue weighted by Gasteiger charge is -2.32. The molecule has 0 saturated heterocycles. The van der Waals surface area contributed by atoms with Gasteiger partial charge in [0.25, 0.3) is 0 Å². The Balaban J connectivity index is 1.78. The van der Waals surface area contributed by atoms with Crippen molar-refractivity contribution in [3.05, 3.63) is 59.2 Å². The maximum Gasteiger partial charge on any atom is 0.243 e. The van der Waals surface area contributed by atoms with Gasteiger partial charge < -0.3 is 15.0 Å². The quantitative estimate of drug-likeness (QED) is 0.384. The summed E-state index contributed by atoms with van der Waals surface area (Å²) in [5.74, 6) is 0.369. The smallest absolute Gasteiger partial charge is 0.243 e. The van der Waals surface area contributed by atoms with E-state index in [1.54, 1.807) is 18.1 Å². The van der Waals surface area contributed by atoms with E-state index in [1.165, 1.54) is 10.6 Å². The van der Waals surface area contributed by atoms with E-state index in [9.17, 15) is 18.0 Å². The van der Waals surface area contributed by atoms with Crippen LogP contribution in [0.15, 0.2) is 42.5 Å². The van der Waals surface area contributed by atoms with Gasteiger partial charge in [0.1, 0.15) is 11.8 Å². The number of carbonyl (C=O) groups excluding carboxylic acids is 2. The van der Waals surface area contributed by atoms with Crippen LogP contribution in [0.2, 0.25) is 0 Å². The Bertz CT molecular complexity index is 1240. The summed E-state index contributed by atoms with van der Waals surface area (Å²) in [6.45, 7) is 6.27. The lowest BCUT2D eigenvalue weighted by molar-refractivity contribution is -0.141. The predicted molar refractivity (Wildman–Crippen MR) is 155 cm³/mol. The number of benzene rings is 2. The summed E-state index contributed by atoms with van der Waals surface area (Å²) in [6, 6.07) is 12.6. The lowest BCUT2D eigenvalue weighted by atomic mass is 10.1. The number of rotatable bonds is 13. The van der Waals surface area contributed by atoms with Crippen LogP contribution in [0.3, 0.4) is 0 Å². The monoisotopic (exact) mass is 557 g/mol. The second-order valence-electron chi connectivity index (χ2n) is 10.5. The van der Waals surface area contributed by atoms with Gasteiger partial charge >= 0.3 is 0 Å². The predicted octanol–water partition coefficient (Wildman–Crippen LogP) is 4.72. The lowest BCUT2D eigenvalue weighted by Crippen LogP contribution is -2.51. The molecule has 1 aliphatic rings. The Kier molecular flexibility index (Phi) is 10.8. The zero-order valence-electron chi connectivity index (χ0n) is 23.9. The average molecular weight is 558 g/mol. The standard InChI is InChI=1S/C30H43N3O5S/c1-6-28(30(35)31-25-12-7-8-13-25)32(21-24-11-9-14-27(20-24)38-4)29(34)15-10-18-33(39(5,36)37)26-17-16-22(2)23(3)19-26/h9,11,14,16-17,19-20,25,28H,6-8,10,12-13,15,18,21H2,1-5H3,(H,31,35)/t28-/m1/s1. The fraction of sp³-hybridized carbons (Fsp3) is 0.533. The summed E-state index contributed by atoms with van der Waals surface area (Å²) in [5, 5.41) is 3.15. The molecule has 1 aliphatic carbocycles. The minimum absolute atomic E-state index is 0.119. The number of nitrogens with one attached hydrogen (secondary N) is 1. The third-order valence-corrected chi connectivity index (χ3v) is 8.70. The van der Waals surface area contributed by atoms with E-state index in [2.05, 4.69) is 5.32 Å². The third kappa shape index (κ3) is 8.46. The molecular weight excluding hydrogens is 514 g/mol. The second-order valence-corrected chi connectivity index (χ2v) is 12.4. The van der Waals surface area contributed by atoms with Crippen molar-refractivity contribution in [1.82, 2.24) is 10.2 Å². The van der Waals surface area contributed by atoms with Gasteiger partial charge in [-0.1, -0.05) is 38.0 Å². The van der Waals surface area contributed by atoms with E-state index in [0.717, 1.165) is 42.4 Å². The van der Waals surface area contributed by atoms with Crippen molar-refractivity contribution >= 4 is 27.5 Å². The van der Waals surface area contributed by atoms with Gasteiger partial charge in [-0.3, -0.25) is 13.9 Å². The molecule has 214 valence electrons. The molecule has 8 nitrogen and oxygen atoms in total. The minimum atomic E-state index is -3.54. The Morgan fingerprint density at radius 1 is 1.08 bits per heavy atom. The highest BCUT2D eigenvalue weighted by Gasteiger charge is 2.31. The Labute approximate surface area is 233 Å². The number of hydrogen-bond donors (Lipinski definition) is 1. The zero-order chi connectivity index (χ0) is 28.6. The Hall–Kier alpha value is -3.07. The van der Waals surface area contributed by atoms with Crippen LogP contribution in [0.1, 0.15) is 68.6 Å². The molecule has 1 atom stereocenters.